The first-order valence-electron chi connectivity index (χ1n) is 9.26. The number of thiophene rings is 1. The molecule has 4 nitrogen and oxygen atoms in total. The highest BCUT2D eigenvalue weighted by Crippen LogP contribution is 2.36. The maximum absolute atomic E-state index is 13.1. The molecule has 3 heterocycles. The lowest BCUT2D eigenvalue weighted by Crippen LogP contribution is -2.45. The van der Waals surface area contributed by atoms with E-state index in [1.807, 2.05) is 35.7 Å². The summed E-state index contributed by atoms with van der Waals surface area (Å²) in [6, 6.07) is 9.01. The fourth-order valence-corrected chi connectivity index (χ4v) is 4.78. The molecule has 2 aromatic heterocycles. The van der Waals surface area contributed by atoms with Gasteiger partial charge in [-0.25, -0.2) is 0 Å². The van der Waals surface area contributed by atoms with Crippen LogP contribution in [0.2, 0.25) is 0 Å². The lowest BCUT2D eigenvalue weighted by molar-refractivity contribution is -0.135. The molecule has 1 atom stereocenters. The SMILES string of the molecule is CCC1c2ccsc2CCN1C(=O)CN(Cc1ccccn1)C1CC1. The van der Waals surface area contributed by atoms with Crippen LogP contribution in [0.5, 0.6) is 0 Å². The first kappa shape index (κ1) is 16.7. The van der Waals surface area contributed by atoms with Crippen molar-refractivity contribution in [3.63, 3.8) is 0 Å². The van der Waals surface area contributed by atoms with Gasteiger partial charge in [-0.2, -0.15) is 0 Å². The molecule has 0 bridgehead atoms. The molecule has 0 radical (unpaired) electrons. The zero-order valence-electron chi connectivity index (χ0n) is 14.7. The molecule has 0 saturated heterocycles. The quantitative estimate of drug-likeness (QED) is 0.794. The van der Waals surface area contributed by atoms with Gasteiger partial charge in [-0.1, -0.05) is 13.0 Å². The molecule has 0 spiro atoms. The van der Waals surface area contributed by atoms with Crippen molar-refractivity contribution < 1.29 is 4.79 Å². The van der Waals surface area contributed by atoms with Gasteiger partial charge in [-0.3, -0.25) is 14.7 Å². The van der Waals surface area contributed by atoms with E-state index in [2.05, 4.69) is 33.2 Å². The second-order valence-electron chi connectivity index (χ2n) is 7.02. The highest BCUT2D eigenvalue weighted by Gasteiger charge is 2.35. The van der Waals surface area contributed by atoms with Gasteiger partial charge in [0.1, 0.15) is 0 Å². The molecule has 0 aromatic carbocycles. The van der Waals surface area contributed by atoms with Crippen molar-refractivity contribution in [2.24, 2.45) is 0 Å². The normalized spacial score (nSPS) is 19.9. The molecule has 2 aromatic rings. The monoisotopic (exact) mass is 355 g/mol. The van der Waals surface area contributed by atoms with E-state index in [-0.39, 0.29) is 11.9 Å². The molecule has 25 heavy (non-hydrogen) atoms. The van der Waals surface area contributed by atoms with Gasteiger partial charge in [-0.05, 0) is 54.8 Å². The van der Waals surface area contributed by atoms with Crippen LogP contribution in [0.1, 0.15) is 48.4 Å². The summed E-state index contributed by atoms with van der Waals surface area (Å²) in [4.78, 5) is 23.4. The molecule has 1 aliphatic carbocycles. The van der Waals surface area contributed by atoms with Gasteiger partial charge in [0.25, 0.3) is 0 Å². The van der Waals surface area contributed by atoms with Crippen molar-refractivity contribution in [3.05, 3.63) is 52.0 Å². The van der Waals surface area contributed by atoms with E-state index in [1.54, 1.807) is 0 Å². The lowest BCUT2D eigenvalue weighted by atomic mass is 9.97. The Morgan fingerprint density at radius 3 is 2.96 bits per heavy atom. The van der Waals surface area contributed by atoms with Crippen LogP contribution in [0.4, 0.5) is 0 Å². The molecule has 1 amide bonds. The Bertz CT molecular complexity index is 726. The molecule has 1 unspecified atom stereocenters. The number of fused-ring (bicyclic) bond motifs is 1. The number of aromatic nitrogens is 1. The standard InChI is InChI=1S/C20H25N3OS/c1-2-18-17-9-12-25-19(17)8-11-23(18)20(24)14-22(16-6-7-16)13-15-5-3-4-10-21-15/h3-5,9-10,12,16,18H,2,6-8,11,13-14H2,1H3. The Hall–Kier alpha value is -1.72. The first-order chi connectivity index (χ1) is 12.3. The van der Waals surface area contributed by atoms with E-state index in [9.17, 15) is 4.79 Å². The molecule has 5 heteroatoms. The molecule has 132 valence electrons. The van der Waals surface area contributed by atoms with E-state index in [1.165, 1.54) is 23.3 Å². The summed E-state index contributed by atoms with van der Waals surface area (Å²) in [5, 5.41) is 2.17. The summed E-state index contributed by atoms with van der Waals surface area (Å²) in [6.07, 6.45) is 6.22. The molecule has 1 fully saturated rings. The average Bonchev–Trinajstić information content (AvgIpc) is 3.38. The number of carbonyl (C=O) groups excluding carboxylic acids is 1. The third kappa shape index (κ3) is 3.62. The van der Waals surface area contributed by atoms with E-state index in [0.29, 0.717) is 12.6 Å². The second-order valence-corrected chi connectivity index (χ2v) is 8.02. The minimum absolute atomic E-state index is 0.249. The van der Waals surface area contributed by atoms with Crippen LogP contribution in [0.3, 0.4) is 0 Å². The maximum Gasteiger partial charge on any atom is 0.237 e. The van der Waals surface area contributed by atoms with Gasteiger partial charge in [0, 0.05) is 30.2 Å². The van der Waals surface area contributed by atoms with Crippen LogP contribution in [0, 0.1) is 0 Å². The van der Waals surface area contributed by atoms with Crippen molar-refractivity contribution in [3.8, 4) is 0 Å². The van der Waals surface area contributed by atoms with Gasteiger partial charge in [0.05, 0.1) is 18.3 Å². The van der Waals surface area contributed by atoms with Gasteiger partial charge in [0.2, 0.25) is 5.91 Å². The Labute approximate surface area is 153 Å². The summed E-state index contributed by atoms with van der Waals surface area (Å²) >= 11 is 1.83. The van der Waals surface area contributed by atoms with E-state index >= 15 is 0 Å². The molecular weight excluding hydrogens is 330 g/mol. The average molecular weight is 356 g/mol. The van der Waals surface area contributed by atoms with E-state index in [4.69, 9.17) is 0 Å². The van der Waals surface area contributed by atoms with Crippen LogP contribution in [-0.4, -0.2) is 39.8 Å². The van der Waals surface area contributed by atoms with Gasteiger partial charge in [-0.15, -0.1) is 11.3 Å². The summed E-state index contributed by atoms with van der Waals surface area (Å²) in [5.41, 5.74) is 2.42. The summed E-state index contributed by atoms with van der Waals surface area (Å²) < 4.78 is 0. The second kappa shape index (κ2) is 7.26. The minimum atomic E-state index is 0.249. The Morgan fingerprint density at radius 2 is 2.24 bits per heavy atom. The summed E-state index contributed by atoms with van der Waals surface area (Å²) in [5.74, 6) is 0.270. The maximum atomic E-state index is 13.1. The molecule has 0 N–H and O–H groups in total. The van der Waals surface area contributed by atoms with Crippen molar-refractivity contribution in [2.45, 2.75) is 51.2 Å². The molecule has 1 aliphatic heterocycles. The molecule has 4 rings (SSSR count). The number of amides is 1. The molecular formula is C20H25N3OS. The molecule has 2 aliphatic rings. The third-order valence-electron chi connectivity index (χ3n) is 5.29. The van der Waals surface area contributed by atoms with Crippen molar-refractivity contribution in [1.29, 1.82) is 0 Å². The topological polar surface area (TPSA) is 36.4 Å². The number of hydrogen-bond acceptors (Lipinski definition) is 4. The first-order valence-corrected chi connectivity index (χ1v) is 10.1. The van der Waals surface area contributed by atoms with E-state index < -0.39 is 0 Å². The van der Waals surface area contributed by atoms with Crippen LogP contribution in [0.15, 0.2) is 35.8 Å². The lowest BCUT2D eigenvalue weighted by Gasteiger charge is -2.37. The van der Waals surface area contributed by atoms with Crippen molar-refractivity contribution >= 4 is 17.2 Å². The minimum Gasteiger partial charge on any atom is -0.334 e. The third-order valence-corrected chi connectivity index (χ3v) is 6.29. The van der Waals surface area contributed by atoms with Gasteiger partial charge in [0.15, 0.2) is 0 Å². The zero-order valence-corrected chi connectivity index (χ0v) is 15.5. The van der Waals surface area contributed by atoms with Crippen LogP contribution in [-0.2, 0) is 17.8 Å². The zero-order chi connectivity index (χ0) is 17.2. The van der Waals surface area contributed by atoms with Crippen LogP contribution >= 0.6 is 11.3 Å². The largest absolute Gasteiger partial charge is 0.334 e. The Kier molecular flexibility index (Phi) is 4.86. The number of carbonyl (C=O) groups is 1. The summed E-state index contributed by atoms with van der Waals surface area (Å²) in [6.45, 7) is 4.32. The van der Waals surface area contributed by atoms with Crippen molar-refractivity contribution in [1.82, 2.24) is 14.8 Å². The number of nitrogens with zero attached hydrogens (tertiary/aromatic N) is 3. The Morgan fingerprint density at radius 1 is 1.36 bits per heavy atom. The fourth-order valence-electron chi connectivity index (χ4n) is 3.85. The van der Waals surface area contributed by atoms with Crippen LogP contribution in [0.25, 0.3) is 0 Å². The number of hydrogen-bond donors (Lipinski definition) is 0. The fraction of sp³-hybridized carbons (Fsp3) is 0.500. The highest BCUT2D eigenvalue weighted by atomic mass is 32.1. The van der Waals surface area contributed by atoms with Gasteiger partial charge < -0.3 is 4.90 Å². The summed E-state index contributed by atoms with van der Waals surface area (Å²) in [7, 11) is 0. The van der Waals surface area contributed by atoms with Crippen molar-refractivity contribution in [2.75, 3.05) is 13.1 Å². The predicted octanol–water partition coefficient (Wildman–Crippen LogP) is 3.64. The highest BCUT2D eigenvalue weighted by molar-refractivity contribution is 7.10. The number of rotatable bonds is 6. The smallest absolute Gasteiger partial charge is 0.237 e. The van der Waals surface area contributed by atoms with Gasteiger partial charge >= 0.3 is 0 Å². The predicted molar refractivity (Wildman–Crippen MR) is 100 cm³/mol. The Balaban J connectivity index is 1.46. The van der Waals surface area contributed by atoms with Crippen LogP contribution < -0.4 is 0 Å². The molecule has 1 saturated carbocycles. The van der Waals surface area contributed by atoms with E-state index in [0.717, 1.165) is 31.6 Å². The number of pyridine rings is 1.